The van der Waals surface area contributed by atoms with Gasteiger partial charge in [0.15, 0.2) is 5.16 Å². The molecule has 1 aromatic heterocycles. The number of halogens is 1. The third-order valence-electron chi connectivity index (χ3n) is 4.62. The van der Waals surface area contributed by atoms with Gasteiger partial charge in [-0.25, -0.2) is 4.98 Å². The van der Waals surface area contributed by atoms with Crippen molar-refractivity contribution in [3.63, 3.8) is 0 Å². The number of fused-ring (bicyclic) bond motifs is 1. The highest BCUT2D eigenvalue weighted by Gasteiger charge is 2.20. The Morgan fingerprint density at radius 3 is 2.89 bits per heavy atom. The van der Waals surface area contributed by atoms with Crippen LogP contribution in [0.4, 0.5) is 0 Å². The van der Waals surface area contributed by atoms with E-state index < -0.39 is 0 Å². The molecule has 7 heteroatoms. The van der Waals surface area contributed by atoms with Crippen LogP contribution in [-0.4, -0.2) is 34.6 Å². The fourth-order valence-electron chi connectivity index (χ4n) is 3.25. The fourth-order valence-corrected chi connectivity index (χ4v) is 4.24. The quantitative estimate of drug-likeness (QED) is 0.324. The highest BCUT2D eigenvalue weighted by molar-refractivity contribution is 7.99. The Morgan fingerprint density at radius 1 is 1.25 bits per heavy atom. The van der Waals surface area contributed by atoms with E-state index in [0.717, 1.165) is 25.2 Å². The van der Waals surface area contributed by atoms with Crippen LogP contribution in [-0.2, 0) is 11.3 Å². The Hall–Kier alpha value is -2.02. The van der Waals surface area contributed by atoms with Gasteiger partial charge in [-0.3, -0.25) is 9.36 Å². The van der Waals surface area contributed by atoms with Gasteiger partial charge in [0, 0.05) is 17.4 Å². The van der Waals surface area contributed by atoms with E-state index >= 15 is 0 Å². The molecule has 3 aromatic rings. The lowest BCUT2D eigenvalue weighted by atomic mass is 10.2. The molecule has 0 aliphatic carbocycles. The molecule has 1 saturated heterocycles. The van der Waals surface area contributed by atoms with Gasteiger partial charge < -0.3 is 9.47 Å². The predicted octanol–water partition coefficient (Wildman–Crippen LogP) is 4.40. The van der Waals surface area contributed by atoms with Gasteiger partial charge in [-0.2, -0.15) is 0 Å². The van der Waals surface area contributed by atoms with Crippen LogP contribution in [0.3, 0.4) is 0 Å². The summed E-state index contributed by atoms with van der Waals surface area (Å²) < 4.78 is 13.2. The lowest BCUT2D eigenvalue weighted by molar-refractivity contribution is 0.0937. The molecule has 0 N–H and O–H groups in total. The minimum absolute atomic E-state index is 0.0522. The van der Waals surface area contributed by atoms with Gasteiger partial charge in [-0.1, -0.05) is 41.6 Å². The number of ether oxygens (including phenoxy) is 2. The highest BCUT2D eigenvalue weighted by Crippen LogP contribution is 2.23. The first kappa shape index (κ1) is 19.3. The largest absolute Gasteiger partial charge is 0.493 e. The summed E-state index contributed by atoms with van der Waals surface area (Å²) in [6.07, 6.45) is 2.06. The number of hydrogen-bond donors (Lipinski definition) is 0. The Morgan fingerprint density at radius 2 is 2.11 bits per heavy atom. The smallest absolute Gasteiger partial charge is 0.262 e. The maximum atomic E-state index is 13.1. The van der Waals surface area contributed by atoms with Crippen LogP contribution in [0.2, 0.25) is 5.02 Å². The SMILES string of the molecule is O=c1c2ccc(Cl)cc2nc(SCCOc2ccccc2)n1C[C@H]1CCCO1. The zero-order chi connectivity index (χ0) is 19.3. The van der Waals surface area contributed by atoms with Crippen molar-refractivity contribution in [2.45, 2.75) is 30.6 Å². The highest BCUT2D eigenvalue weighted by atomic mass is 35.5. The first-order chi connectivity index (χ1) is 13.7. The van der Waals surface area contributed by atoms with E-state index in [1.54, 1.807) is 22.8 Å². The van der Waals surface area contributed by atoms with E-state index in [-0.39, 0.29) is 11.7 Å². The van der Waals surface area contributed by atoms with E-state index in [2.05, 4.69) is 0 Å². The minimum atomic E-state index is -0.0522. The number of benzene rings is 2. The normalized spacial score (nSPS) is 16.5. The molecule has 0 saturated carbocycles. The van der Waals surface area contributed by atoms with Gasteiger partial charge >= 0.3 is 0 Å². The molecule has 4 rings (SSSR count). The van der Waals surface area contributed by atoms with Gasteiger partial charge in [-0.05, 0) is 43.2 Å². The predicted molar refractivity (Wildman–Crippen MR) is 113 cm³/mol. The Bertz CT molecular complexity index is 1000. The maximum Gasteiger partial charge on any atom is 0.262 e. The molecule has 146 valence electrons. The number of para-hydroxylation sites is 1. The summed E-state index contributed by atoms with van der Waals surface area (Å²) in [5, 5.41) is 1.82. The third-order valence-corrected chi connectivity index (χ3v) is 5.79. The second-order valence-electron chi connectivity index (χ2n) is 6.62. The van der Waals surface area contributed by atoms with Gasteiger partial charge in [0.1, 0.15) is 5.75 Å². The van der Waals surface area contributed by atoms with Crippen LogP contribution in [0, 0.1) is 0 Å². The Kier molecular flexibility index (Phi) is 6.20. The molecule has 0 bridgehead atoms. The van der Waals surface area contributed by atoms with Crippen molar-refractivity contribution >= 4 is 34.3 Å². The van der Waals surface area contributed by atoms with Crippen molar-refractivity contribution in [2.24, 2.45) is 0 Å². The first-order valence-corrected chi connectivity index (χ1v) is 10.7. The molecular formula is C21H21ClN2O3S. The van der Waals surface area contributed by atoms with Gasteiger partial charge in [-0.15, -0.1) is 0 Å². The second kappa shape index (κ2) is 8.99. The Balaban J connectivity index is 1.56. The van der Waals surface area contributed by atoms with Gasteiger partial charge in [0.2, 0.25) is 0 Å². The standard InChI is InChI=1S/C21H21ClN2O3S/c22-15-8-9-18-19(13-15)23-21(24(20(18)25)14-17-7-4-10-26-17)28-12-11-27-16-5-2-1-3-6-16/h1-3,5-6,8-9,13,17H,4,7,10-12,14H2/t17-/m1/s1. The zero-order valence-corrected chi connectivity index (χ0v) is 16.9. The van der Waals surface area contributed by atoms with Crippen LogP contribution >= 0.6 is 23.4 Å². The average Bonchev–Trinajstić information content (AvgIpc) is 3.22. The van der Waals surface area contributed by atoms with Crippen LogP contribution in [0.25, 0.3) is 10.9 Å². The van der Waals surface area contributed by atoms with E-state index in [1.165, 1.54) is 11.8 Å². The molecular weight excluding hydrogens is 396 g/mol. The second-order valence-corrected chi connectivity index (χ2v) is 8.12. The lowest BCUT2D eigenvalue weighted by Gasteiger charge is -2.16. The van der Waals surface area contributed by atoms with Crippen molar-refractivity contribution in [1.82, 2.24) is 9.55 Å². The first-order valence-electron chi connectivity index (χ1n) is 9.33. The summed E-state index contributed by atoms with van der Waals surface area (Å²) in [5.74, 6) is 1.51. The number of thioether (sulfide) groups is 1. The van der Waals surface area contributed by atoms with Crippen molar-refractivity contribution in [3.05, 3.63) is 63.9 Å². The van der Waals surface area contributed by atoms with Gasteiger partial charge in [0.05, 0.1) is 30.2 Å². The molecule has 0 amide bonds. The van der Waals surface area contributed by atoms with Crippen molar-refractivity contribution in [2.75, 3.05) is 19.0 Å². The zero-order valence-electron chi connectivity index (χ0n) is 15.3. The van der Waals surface area contributed by atoms with Crippen molar-refractivity contribution in [3.8, 4) is 5.75 Å². The molecule has 0 radical (unpaired) electrons. The van der Waals surface area contributed by atoms with Crippen molar-refractivity contribution < 1.29 is 9.47 Å². The Labute approximate surface area is 172 Å². The molecule has 1 atom stereocenters. The summed E-state index contributed by atoms with van der Waals surface area (Å²) in [6.45, 7) is 1.80. The number of hydrogen-bond acceptors (Lipinski definition) is 5. The summed E-state index contributed by atoms with van der Waals surface area (Å²) >= 11 is 7.61. The monoisotopic (exact) mass is 416 g/mol. The van der Waals surface area contributed by atoms with E-state index in [0.29, 0.717) is 40.0 Å². The van der Waals surface area contributed by atoms with Gasteiger partial charge in [0.25, 0.3) is 5.56 Å². The summed E-state index contributed by atoms with van der Waals surface area (Å²) in [4.78, 5) is 17.8. The molecule has 5 nitrogen and oxygen atoms in total. The topological polar surface area (TPSA) is 53.3 Å². The fraction of sp³-hybridized carbons (Fsp3) is 0.333. The van der Waals surface area contributed by atoms with Crippen LogP contribution in [0.1, 0.15) is 12.8 Å². The summed E-state index contributed by atoms with van der Waals surface area (Å²) in [6, 6.07) is 14.9. The average molecular weight is 417 g/mol. The summed E-state index contributed by atoms with van der Waals surface area (Å²) in [7, 11) is 0. The molecule has 2 heterocycles. The molecule has 2 aromatic carbocycles. The molecule has 28 heavy (non-hydrogen) atoms. The molecule has 1 fully saturated rings. The summed E-state index contributed by atoms with van der Waals surface area (Å²) in [5.41, 5.74) is 0.566. The van der Waals surface area contributed by atoms with Crippen LogP contribution in [0.5, 0.6) is 5.75 Å². The third kappa shape index (κ3) is 4.51. The number of aromatic nitrogens is 2. The van der Waals surface area contributed by atoms with Crippen LogP contribution < -0.4 is 10.3 Å². The molecule has 1 aliphatic heterocycles. The lowest BCUT2D eigenvalue weighted by Crippen LogP contribution is -2.29. The van der Waals surface area contributed by atoms with E-state index in [1.807, 2.05) is 30.3 Å². The minimum Gasteiger partial charge on any atom is -0.493 e. The molecule has 0 spiro atoms. The van der Waals surface area contributed by atoms with E-state index in [9.17, 15) is 4.79 Å². The number of nitrogens with zero attached hydrogens (tertiary/aromatic N) is 2. The number of rotatable bonds is 7. The van der Waals surface area contributed by atoms with E-state index in [4.69, 9.17) is 26.1 Å². The molecule has 1 aliphatic rings. The maximum absolute atomic E-state index is 13.1. The van der Waals surface area contributed by atoms with Crippen molar-refractivity contribution in [1.29, 1.82) is 0 Å². The molecule has 0 unspecified atom stereocenters. The van der Waals surface area contributed by atoms with Crippen LogP contribution in [0.15, 0.2) is 58.5 Å².